The Labute approximate surface area is 58.5 Å². The maximum Gasteiger partial charge on any atom is 0.125 e. The van der Waals surface area contributed by atoms with Gasteiger partial charge in [-0.1, -0.05) is 0 Å². The molecule has 0 aliphatic rings. The Morgan fingerprint density at radius 3 is 2.25 bits per heavy atom. The zero-order valence-electron chi connectivity index (χ0n) is 4.34. The molecule has 1 aromatic heterocycles. The summed E-state index contributed by atoms with van der Waals surface area (Å²) in [5, 5.41) is 1.39. The molecule has 44 valence electrons. The first-order valence-corrected chi connectivity index (χ1v) is 3.04. The summed E-state index contributed by atoms with van der Waals surface area (Å²) in [7, 11) is 0. The van der Waals surface area contributed by atoms with Crippen molar-refractivity contribution in [1.29, 1.82) is 0 Å². The molecule has 0 saturated heterocycles. The van der Waals surface area contributed by atoms with Crippen LogP contribution in [0.2, 0.25) is 0 Å². The Morgan fingerprint density at radius 1 is 1.50 bits per heavy atom. The lowest BCUT2D eigenvalue weighted by molar-refractivity contribution is 1.10. The first-order chi connectivity index (χ1) is 3.70. The van der Waals surface area contributed by atoms with Crippen molar-refractivity contribution in [3.8, 4) is 0 Å². The van der Waals surface area contributed by atoms with Crippen LogP contribution in [0.15, 0.2) is 10.1 Å². The van der Waals surface area contributed by atoms with Gasteiger partial charge < -0.3 is 4.98 Å². The van der Waals surface area contributed by atoms with Crippen molar-refractivity contribution >= 4 is 25.3 Å². The number of thiol groups is 2. The second-order valence-corrected chi connectivity index (χ2v) is 2.37. The van der Waals surface area contributed by atoms with Crippen molar-refractivity contribution < 1.29 is 0 Å². The smallest absolute Gasteiger partial charge is 0.125 e. The van der Waals surface area contributed by atoms with Gasteiger partial charge in [0.25, 0.3) is 0 Å². The number of nitrogens with zero attached hydrogens (tertiary/aromatic N) is 1. The first kappa shape index (κ1) is 6.04. The Bertz CT molecular complexity index is 174. The zero-order chi connectivity index (χ0) is 6.15. The van der Waals surface area contributed by atoms with Crippen molar-refractivity contribution in [3.63, 3.8) is 0 Å². The van der Waals surface area contributed by atoms with Gasteiger partial charge >= 0.3 is 0 Å². The maximum absolute atomic E-state index is 4.02. The van der Waals surface area contributed by atoms with Gasteiger partial charge in [-0.25, -0.2) is 4.98 Å². The number of hydrogen-bond donors (Lipinski definition) is 3. The van der Waals surface area contributed by atoms with E-state index in [-0.39, 0.29) is 0 Å². The van der Waals surface area contributed by atoms with Crippen LogP contribution in [-0.4, -0.2) is 9.97 Å². The third-order valence-electron chi connectivity index (χ3n) is 0.785. The second-order valence-electron chi connectivity index (χ2n) is 1.49. The number of aromatic nitrogens is 2. The Kier molecular flexibility index (Phi) is 1.53. The van der Waals surface area contributed by atoms with Crippen LogP contribution in [0.25, 0.3) is 0 Å². The van der Waals surface area contributed by atoms with Gasteiger partial charge in [0.1, 0.15) is 15.9 Å². The minimum absolute atomic E-state index is 0.658. The molecule has 0 spiro atoms. The molecule has 0 aliphatic heterocycles. The fourth-order valence-corrected chi connectivity index (χ4v) is 0.885. The Hall–Kier alpha value is -0.0900. The van der Waals surface area contributed by atoms with Crippen LogP contribution in [0.1, 0.15) is 5.82 Å². The molecule has 0 amide bonds. The lowest BCUT2D eigenvalue weighted by Gasteiger charge is -1.77. The summed E-state index contributed by atoms with van der Waals surface area (Å²) in [6.07, 6.45) is 0. The molecule has 2 nitrogen and oxygen atoms in total. The van der Waals surface area contributed by atoms with E-state index < -0.39 is 0 Å². The lowest BCUT2D eigenvalue weighted by Crippen LogP contribution is -1.68. The highest BCUT2D eigenvalue weighted by Gasteiger charge is 1.96. The molecular weight excluding hydrogens is 140 g/mol. The van der Waals surface area contributed by atoms with Crippen molar-refractivity contribution in [2.24, 2.45) is 0 Å². The molecule has 0 aliphatic carbocycles. The van der Waals surface area contributed by atoms with E-state index in [4.69, 9.17) is 0 Å². The summed E-state index contributed by atoms with van der Waals surface area (Å²) in [5.41, 5.74) is 0. The van der Waals surface area contributed by atoms with Crippen LogP contribution < -0.4 is 0 Å². The van der Waals surface area contributed by atoms with E-state index in [0.29, 0.717) is 5.03 Å². The number of imidazole rings is 1. The SMILES string of the molecule is Cc1nc(S)c(S)[nH]1. The molecular formula is C4H6N2S2. The average molecular weight is 146 g/mol. The normalized spacial score (nSPS) is 9.88. The fourth-order valence-electron chi connectivity index (χ4n) is 0.467. The van der Waals surface area contributed by atoms with Gasteiger partial charge in [-0.05, 0) is 6.92 Å². The summed E-state index contributed by atoms with van der Waals surface area (Å²) in [6.45, 7) is 1.86. The molecule has 8 heavy (non-hydrogen) atoms. The summed E-state index contributed by atoms with van der Waals surface area (Å²) < 4.78 is 0. The van der Waals surface area contributed by atoms with E-state index in [1.165, 1.54) is 0 Å². The van der Waals surface area contributed by atoms with Crippen LogP contribution >= 0.6 is 25.3 Å². The molecule has 0 atom stereocenters. The van der Waals surface area contributed by atoms with Crippen LogP contribution in [0, 0.1) is 6.92 Å². The van der Waals surface area contributed by atoms with Gasteiger partial charge in [0.05, 0.1) is 0 Å². The predicted molar refractivity (Wildman–Crippen MR) is 37.8 cm³/mol. The molecule has 1 rings (SSSR count). The van der Waals surface area contributed by atoms with Gasteiger partial charge in [-0.15, -0.1) is 25.3 Å². The van der Waals surface area contributed by atoms with Crippen LogP contribution in [-0.2, 0) is 0 Å². The van der Waals surface area contributed by atoms with E-state index in [2.05, 4.69) is 35.2 Å². The summed E-state index contributed by atoms with van der Waals surface area (Å²) in [4.78, 5) is 6.83. The van der Waals surface area contributed by atoms with Crippen molar-refractivity contribution in [1.82, 2.24) is 9.97 Å². The minimum atomic E-state index is 0.658. The van der Waals surface area contributed by atoms with E-state index in [0.717, 1.165) is 10.9 Å². The molecule has 1 N–H and O–H groups in total. The molecule has 0 bridgehead atoms. The predicted octanol–water partition coefficient (Wildman–Crippen LogP) is 1.30. The maximum atomic E-state index is 4.02. The molecule has 0 radical (unpaired) electrons. The molecule has 1 heterocycles. The molecule has 0 saturated carbocycles. The number of hydrogen-bond acceptors (Lipinski definition) is 3. The van der Waals surface area contributed by atoms with E-state index in [9.17, 15) is 0 Å². The van der Waals surface area contributed by atoms with Gasteiger partial charge in [-0.2, -0.15) is 0 Å². The topological polar surface area (TPSA) is 28.7 Å². The third-order valence-corrected chi connectivity index (χ3v) is 1.61. The summed E-state index contributed by atoms with van der Waals surface area (Å²) in [5.74, 6) is 0.847. The molecule has 0 fully saturated rings. The summed E-state index contributed by atoms with van der Waals surface area (Å²) in [6, 6.07) is 0. The quantitative estimate of drug-likeness (QED) is 0.473. The van der Waals surface area contributed by atoms with Crippen LogP contribution in [0.4, 0.5) is 0 Å². The summed E-state index contributed by atoms with van der Waals surface area (Å²) >= 11 is 8.02. The fraction of sp³-hybridized carbons (Fsp3) is 0.250. The Morgan fingerprint density at radius 2 is 2.12 bits per heavy atom. The average Bonchev–Trinajstić information content (AvgIpc) is 1.85. The lowest BCUT2D eigenvalue weighted by atomic mass is 10.8. The zero-order valence-corrected chi connectivity index (χ0v) is 6.13. The highest BCUT2D eigenvalue weighted by atomic mass is 32.1. The number of H-pyrrole nitrogens is 1. The molecule has 4 heteroatoms. The van der Waals surface area contributed by atoms with E-state index in [1.807, 2.05) is 6.92 Å². The van der Waals surface area contributed by atoms with Gasteiger partial charge in [0.15, 0.2) is 0 Å². The second kappa shape index (κ2) is 2.03. The Balaban J connectivity index is 3.14. The van der Waals surface area contributed by atoms with Gasteiger partial charge in [0.2, 0.25) is 0 Å². The number of aryl methyl sites for hydroxylation is 1. The van der Waals surface area contributed by atoms with Gasteiger partial charge in [-0.3, -0.25) is 0 Å². The van der Waals surface area contributed by atoms with E-state index >= 15 is 0 Å². The highest BCUT2D eigenvalue weighted by Crippen LogP contribution is 2.12. The first-order valence-electron chi connectivity index (χ1n) is 2.14. The molecule has 0 unspecified atom stereocenters. The monoisotopic (exact) mass is 146 g/mol. The van der Waals surface area contributed by atoms with Crippen molar-refractivity contribution in [3.05, 3.63) is 5.82 Å². The van der Waals surface area contributed by atoms with Crippen LogP contribution in [0.5, 0.6) is 0 Å². The van der Waals surface area contributed by atoms with Crippen LogP contribution in [0.3, 0.4) is 0 Å². The van der Waals surface area contributed by atoms with E-state index in [1.54, 1.807) is 0 Å². The molecule has 0 aromatic carbocycles. The highest BCUT2D eigenvalue weighted by molar-refractivity contribution is 7.83. The third kappa shape index (κ3) is 1.00. The largest absolute Gasteiger partial charge is 0.337 e. The standard InChI is InChI=1S/C4H6N2S2/c1-2-5-3(7)4(8)6-2/h7-8H,1H3,(H,5,6). The number of aromatic amines is 1. The van der Waals surface area contributed by atoms with Crippen molar-refractivity contribution in [2.75, 3.05) is 0 Å². The van der Waals surface area contributed by atoms with Gasteiger partial charge in [0, 0.05) is 0 Å². The number of nitrogens with one attached hydrogen (secondary N) is 1. The molecule has 1 aromatic rings. The van der Waals surface area contributed by atoms with Crippen molar-refractivity contribution in [2.45, 2.75) is 17.0 Å². The number of rotatable bonds is 0. The minimum Gasteiger partial charge on any atom is -0.337 e.